The summed E-state index contributed by atoms with van der Waals surface area (Å²) in [6.45, 7) is 3.20. The number of para-hydroxylation sites is 1. The summed E-state index contributed by atoms with van der Waals surface area (Å²) in [7, 11) is 0. The van der Waals surface area contributed by atoms with Crippen LogP contribution in [-0.2, 0) is 9.59 Å². The smallest absolute Gasteiger partial charge is 0.248 e. The van der Waals surface area contributed by atoms with Gasteiger partial charge >= 0.3 is 0 Å². The molecule has 1 N–H and O–H groups in total. The first kappa shape index (κ1) is 20.7. The van der Waals surface area contributed by atoms with Crippen LogP contribution in [0.1, 0.15) is 18.2 Å². The quantitative estimate of drug-likeness (QED) is 0.538. The van der Waals surface area contributed by atoms with Crippen LogP contribution in [0.15, 0.2) is 53.9 Å². The first-order valence-electron chi connectivity index (χ1n) is 8.61. The number of anilines is 3. The number of aromatic nitrogens is 1. The highest BCUT2D eigenvalue weighted by atomic mass is 35.5. The van der Waals surface area contributed by atoms with Crippen molar-refractivity contribution in [2.24, 2.45) is 0 Å². The van der Waals surface area contributed by atoms with Crippen molar-refractivity contribution in [3.63, 3.8) is 0 Å². The third-order valence-corrected chi connectivity index (χ3v) is 5.05. The van der Waals surface area contributed by atoms with Crippen LogP contribution in [-0.4, -0.2) is 16.8 Å². The highest BCUT2D eigenvalue weighted by Crippen LogP contribution is 2.31. The largest absolute Gasteiger partial charge is 0.322 e. The number of halogens is 2. The molecule has 2 amide bonds. The van der Waals surface area contributed by atoms with Crippen molar-refractivity contribution >= 4 is 57.3 Å². The summed E-state index contributed by atoms with van der Waals surface area (Å²) in [5, 5.41) is 5.27. The van der Waals surface area contributed by atoms with Crippen LogP contribution in [0.5, 0.6) is 0 Å². The number of carbonyl (C=O) groups is 2. The standard InChI is InChI=1S/C21H17ClFN3O2S/c1-13-7-8-15(22)11-18(13)25-20(28)10-9-16-12-29-21(24-16)26(14(2)27)19-6-4-3-5-17(19)23/h3-12H,1-2H3,(H,25,28)/b10-9+. The molecule has 3 rings (SSSR count). The lowest BCUT2D eigenvalue weighted by molar-refractivity contribution is -0.116. The lowest BCUT2D eigenvalue weighted by atomic mass is 10.2. The SMILES string of the molecule is CC(=O)N(c1nc(/C=C/C(=O)Nc2cc(Cl)ccc2C)cs1)c1ccccc1F. The van der Waals surface area contributed by atoms with Gasteiger partial charge in [-0.05, 0) is 42.8 Å². The van der Waals surface area contributed by atoms with E-state index in [4.69, 9.17) is 11.6 Å². The number of benzene rings is 2. The summed E-state index contributed by atoms with van der Waals surface area (Å²) in [4.78, 5) is 29.8. The van der Waals surface area contributed by atoms with Crippen LogP contribution in [0.25, 0.3) is 6.08 Å². The van der Waals surface area contributed by atoms with Crippen LogP contribution < -0.4 is 10.2 Å². The number of carbonyl (C=O) groups excluding carboxylic acids is 2. The maximum Gasteiger partial charge on any atom is 0.248 e. The van der Waals surface area contributed by atoms with E-state index in [0.29, 0.717) is 21.5 Å². The predicted molar refractivity (Wildman–Crippen MR) is 115 cm³/mol. The van der Waals surface area contributed by atoms with E-state index in [0.717, 1.165) is 5.56 Å². The zero-order valence-corrected chi connectivity index (χ0v) is 17.2. The van der Waals surface area contributed by atoms with Gasteiger partial charge in [-0.15, -0.1) is 11.3 Å². The minimum Gasteiger partial charge on any atom is -0.322 e. The first-order chi connectivity index (χ1) is 13.8. The van der Waals surface area contributed by atoms with Crippen LogP contribution in [0, 0.1) is 12.7 Å². The molecule has 0 aliphatic carbocycles. The highest BCUT2D eigenvalue weighted by molar-refractivity contribution is 7.14. The molecule has 5 nitrogen and oxygen atoms in total. The Morgan fingerprint density at radius 2 is 2.00 bits per heavy atom. The number of aryl methyl sites for hydroxylation is 1. The Balaban J connectivity index is 1.77. The summed E-state index contributed by atoms with van der Waals surface area (Å²) < 4.78 is 14.1. The van der Waals surface area contributed by atoms with Gasteiger partial charge in [0.15, 0.2) is 5.13 Å². The van der Waals surface area contributed by atoms with Crippen molar-refractivity contribution in [2.75, 3.05) is 10.2 Å². The Bertz CT molecular complexity index is 1100. The van der Waals surface area contributed by atoms with Crippen LogP contribution in [0.2, 0.25) is 5.02 Å². The molecule has 0 saturated carbocycles. The Morgan fingerprint density at radius 3 is 2.72 bits per heavy atom. The Hall–Kier alpha value is -3.03. The van der Waals surface area contributed by atoms with Gasteiger partial charge in [0.25, 0.3) is 0 Å². The van der Waals surface area contributed by atoms with E-state index in [-0.39, 0.29) is 17.5 Å². The van der Waals surface area contributed by atoms with Gasteiger partial charge in [-0.25, -0.2) is 9.37 Å². The molecule has 0 unspecified atom stereocenters. The third-order valence-electron chi connectivity index (χ3n) is 3.97. The van der Waals surface area contributed by atoms with E-state index in [1.54, 1.807) is 29.6 Å². The van der Waals surface area contributed by atoms with Crippen molar-refractivity contribution in [2.45, 2.75) is 13.8 Å². The number of thiazole rings is 1. The summed E-state index contributed by atoms with van der Waals surface area (Å²) in [5.74, 6) is -1.23. The van der Waals surface area contributed by atoms with E-state index in [2.05, 4.69) is 10.3 Å². The van der Waals surface area contributed by atoms with Crippen LogP contribution in [0.3, 0.4) is 0 Å². The fourth-order valence-electron chi connectivity index (χ4n) is 2.56. The molecule has 0 radical (unpaired) electrons. The van der Waals surface area contributed by atoms with E-state index in [1.165, 1.54) is 47.4 Å². The molecule has 3 aromatic rings. The average molecular weight is 430 g/mol. The van der Waals surface area contributed by atoms with Crippen molar-refractivity contribution in [1.29, 1.82) is 0 Å². The van der Waals surface area contributed by atoms with Crippen LogP contribution in [0.4, 0.5) is 20.9 Å². The summed E-state index contributed by atoms with van der Waals surface area (Å²) >= 11 is 7.13. The maximum absolute atomic E-state index is 14.1. The number of amides is 2. The molecule has 148 valence electrons. The lowest BCUT2D eigenvalue weighted by Crippen LogP contribution is -2.23. The first-order valence-corrected chi connectivity index (χ1v) is 9.87. The normalized spacial score (nSPS) is 10.9. The minimum atomic E-state index is -0.522. The van der Waals surface area contributed by atoms with Gasteiger partial charge < -0.3 is 5.32 Å². The topological polar surface area (TPSA) is 62.3 Å². The van der Waals surface area contributed by atoms with Crippen LogP contribution >= 0.6 is 22.9 Å². The Labute approximate surface area is 176 Å². The van der Waals surface area contributed by atoms with E-state index >= 15 is 0 Å². The molecule has 8 heteroatoms. The average Bonchev–Trinajstić information content (AvgIpc) is 3.13. The van der Waals surface area contributed by atoms with Crippen molar-refractivity contribution in [3.8, 4) is 0 Å². The monoisotopic (exact) mass is 429 g/mol. The molecular formula is C21H17ClFN3O2S. The molecular weight excluding hydrogens is 413 g/mol. The number of nitrogens with zero attached hydrogens (tertiary/aromatic N) is 2. The lowest BCUT2D eigenvalue weighted by Gasteiger charge is -2.18. The second-order valence-electron chi connectivity index (χ2n) is 6.14. The van der Waals surface area contributed by atoms with E-state index in [1.807, 2.05) is 13.0 Å². The molecule has 0 aliphatic heterocycles. The molecule has 1 heterocycles. The van der Waals surface area contributed by atoms with Crippen molar-refractivity contribution < 1.29 is 14.0 Å². The number of rotatable bonds is 5. The van der Waals surface area contributed by atoms with Gasteiger partial charge in [-0.1, -0.05) is 29.8 Å². The van der Waals surface area contributed by atoms with Gasteiger partial charge in [0.2, 0.25) is 11.8 Å². The molecule has 0 atom stereocenters. The van der Waals surface area contributed by atoms with Gasteiger partial charge in [0, 0.05) is 29.1 Å². The Kier molecular flexibility index (Phi) is 6.41. The van der Waals surface area contributed by atoms with E-state index in [9.17, 15) is 14.0 Å². The molecule has 29 heavy (non-hydrogen) atoms. The Morgan fingerprint density at radius 1 is 1.24 bits per heavy atom. The summed E-state index contributed by atoms with van der Waals surface area (Å²) in [6.07, 6.45) is 2.86. The number of hydrogen-bond donors (Lipinski definition) is 1. The van der Waals surface area contributed by atoms with Gasteiger partial charge in [-0.3, -0.25) is 14.5 Å². The summed E-state index contributed by atoms with van der Waals surface area (Å²) in [5.41, 5.74) is 2.10. The second-order valence-corrected chi connectivity index (χ2v) is 7.42. The molecule has 1 aromatic heterocycles. The molecule has 0 spiro atoms. The van der Waals surface area contributed by atoms with Crippen molar-refractivity contribution in [1.82, 2.24) is 4.98 Å². The zero-order chi connectivity index (χ0) is 21.0. The molecule has 0 aliphatic rings. The number of hydrogen-bond acceptors (Lipinski definition) is 4. The second kappa shape index (κ2) is 8.98. The van der Waals surface area contributed by atoms with Gasteiger partial charge in [0.05, 0.1) is 11.4 Å². The third kappa shape index (κ3) is 5.07. The predicted octanol–water partition coefficient (Wildman–Crippen LogP) is 5.58. The zero-order valence-electron chi connectivity index (χ0n) is 15.6. The highest BCUT2D eigenvalue weighted by Gasteiger charge is 2.20. The minimum absolute atomic E-state index is 0.124. The van der Waals surface area contributed by atoms with Gasteiger partial charge in [-0.2, -0.15) is 0 Å². The fraction of sp³-hybridized carbons (Fsp3) is 0.0952. The molecule has 0 fully saturated rings. The summed E-state index contributed by atoms with van der Waals surface area (Å²) in [6, 6.07) is 11.2. The van der Waals surface area contributed by atoms with Gasteiger partial charge in [0.1, 0.15) is 5.82 Å². The molecule has 2 aromatic carbocycles. The fourth-order valence-corrected chi connectivity index (χ4v) is 3.58. The van der Waals surface area contributed by atoms with E-state index < -0.39 is 5.82 Å². The maximum atomic E-state index is 14.1. The number of nitrogens with one attached hydrogen (secondary N) is 1. The molecule has 0 saturated heterocycles. The molecule has 0 bridgehead atoms. The van der Waals surface area contributed by atoms with Crippen molar-refractivity contribution in [3.05, 3.63) is 76.0 Å².